The topological polar surface area (TPSA) is 32.9 Å². The highest BCUT2D eigenvalue weighted by atomic mass is 19.1. The van der Waals surface area contributed by atoms with E-state index in [-0.39, 0.29) is 11.6 Å². The quantitative estimate of drug-likeness (QED) is 0.691. The summed E-state index contributed by atoms with van der Waals surface area (Å²) < 4.78 is 13.1. The van der Waals surface area contributed by atoms with Gasteiger partial charge in [0.05, 0.1) is 0 Å². The zero-order valence-corrected chi connectivity index (χ0v) is 10.4. The Hall–Kier alpha value is -2.42. The Labute approximate surface area is 109 Å². The van der Waals surface area contributed by atoms with Gasteiger partial charge in [0.2, 0.25) is 0 Å². The molecule has 3 aromatic rings. The van der Waals surface area contributed by atoms with Crippen LogP contribution in [0.4, 0.5) is 4.39 Å². The van der Waals surface area contributed by atoms with Gasteiger partial charge >= 0.3 is 0 Å². The summed E-state index contributed by atoms with van der Waals surface area (Å²) in [7, 11) is 0. The Kier molecular flexibility index (Phi) is 2.67. The number of nitrogens with one attached hydrogen (secondary N) is 1. The van der Waals surface area contributed by atoms with Gasteiger partial charge in [-0.3, -0.25) is 4.79 Å². The molecule has 0 atom stereocenters. The second kappa shape index (κ2) is 4.35. The van der Waals surface area contributed by atoms with E-state index in [0.29, 0.717) is 16.6 Å². The minimum atomic E-state index is -0.316. The Bertz CT molecular complexity index is 773. The van der Waals surface area contributed by atoms with Crippen molar-refractivity contribution in [1.82, 2.24) is 4.98 Å². The number of aromatic nitrogens is 1. The van der Waals surface area contributed by atoms with E-state index in [9.17, 15) is 9.18 Å². The number of fused-ring (bicyclic) bond motifs is 1. The number of rotatable bonds is 2. The van der Waals surface area contributed by atoms with Crippen molar-refractivity contribution < 1.29 is 9.18 Å². The SMILES string of the molecule is Cc1ccccc1C(=O)c1c[nH]c2cc(F)ccc12. The Balaban J connectivity index is 2.15. The lowest BCUT2D eigenvalue weighted by Gasteiger charge is -2.03. The summed E-state index contributed by atoms with van der Waals surface area (Å²) in [6.45, 7) is 1.90. The molecule has 2 nitrogen and oxygen atoms in total. The molecule has 1 aromatic heterocycles. The standard InChI is InChI=1S/C16H12FNO/c1-10-4-2-3-5-12(10)16(19)14-9-18-15-8-11(17)6-7-13(14)15/h2-9,18H,1H3. The number of hydrogen-bond acceptors (Lipinski definition) is 1. The molecule has 0 saturated carbocycles. The van der Waals surface area contributed by atoms with Crippen molar-refractivity contribution in [2.45, 2.75) is 6.92 Å². The number of aryl methyl sites for hydroxylation is 1. The Morgan fingerprint density at radius 1 is 1.11 bits per heavy atom. The molecule has 0 unspecified atom stereocenters. The van der Waals surface area contributed by atoms with Gasteiger partial charge in [-0.25, -0.2) is 4.39 Å². The maximum absolute atomic E-state index is 13.1. The van der Waals surface area contributed by atoms with E-state index < -0.39 is 0 Å². The second-order valence-electron chi connectivity index (χ2n) is 4.54. The van der Waals surface area contributed by atoms with Crippen LogP contribution in [-0.2, 0) is 0 Å². The first-order chi connectivity index (χ1) is 9.16. The number of benzene rings is 2. The zero-order chi connectivity index (χ0) is 13.4. The Morgan fingerprint density at radius 3 is 2.68 bits per heavy atom. The van der Waals surface area contributed by atoms with Crippen molar-refractivity contribution in [2.75, 3.05) is 0 Å². The molecular weight excluding hydrogens is 241 g/mol. The first-order valence-corrected chi connectivity index (χ1v) is 6.04. The molecule has 19 heavy (non-hydrogen) atoms. The number of halogens is 1. The fourth-order valence-electron chi connectivity index (χ4n) is 2.26. The molecule has 0 saturated heterocycles. The number of carbonyl (C=O) groups is 1. The third kappa shape index (κ3) is 1.93. The number of carbonyl (C=O) groups excluding carboxylic acids is 1. The van der Waals surface area contributed by atoms with Gasteiger partial charge in [0, 0.05) is 28.2 Å². The predicted molar refractivity (Wildman–Crippen MR) is 72.9 cm³/mol. The molecule has 0 aliphatic heterocycles. The number of ketones is 1. The molecular formula is C16H12FNO. The van der Waals surface area contributed by atoms with Gasteiger partial charge in [-0.1, -0.05) is 24.3 Å². The van der Waals surface area contributed by atoms with Crippen LogP contribution in [0.15, 0.2) is 48.7 Å². The summed E-state index contributed by atoms with van der Waals surface area (Å²) in [6, 6.07) is 11.8. The lowest BCUT2D eigenvalue weighted by molar-refractivity contribution is 0.103. The molecule has 0 spiro atoms. The number of aromatic amines is 1. The molecule has 2 aromatic carbocycles. The van der Waals surface area contributed by atoms with E-state index in [4.69, 9.17) is 0 Å². The van der Waals surface area contributed by atoms with Gasteiger partial charge in [-0.15, -0.1) is 0 Å². The fraction of sp³-hybridized carbons (Fsp3) is 0.0625. The van der Waals surface area contributed by atoms with Gasteiger partial charge in [0.25, 0.3) is 0 Å². The maximum Gasteiger partial charge on any atom is 0.195 e. The minimum Gasteiger partial charge on any atom is -0.360 e. The fourth-order valence-corrected chi connectivity index (χ4v) is 2.26. The van der Waals surface area contributed by atoms with E-state index in [1.807, 2.05) is 25.1 Å². The molecule has 0 fully saturated rings. The summed E-state index contributed by atoms with van der Waals surface area (Å²) in [4.78, 5) is 15.5. The second-order valence-corrected chi connectivity index (χ2v) is 4.54. The summed E-state index contributed by atoms with van der Waals surface area (Å²) in [5, 5.41) is 0.745. The average molecular weight is 253 g/mol. The monoisotopic (exact) mass is 253 g/mol. The molecule has 1 heterocycles. The van der Waals surface area contributed by atoms with Gasteiger partial charge < -0.3 is 4.98 Å². The average Bonchev–Trinajstić information content (AvgIpc) is 2.81. The third-order valence-corrected chi connectivity index (χ3v) is 3.28. The lowest BCUT2D eigenvalue weighted by atomic mass is 9.99. The first-order valence-electron chi connectivity index (χ1n) is 6.04. The summed E-state index contributed by atoms with van der Waals surface area (Å²) in [6.07, 6.45) is 1.64. The van der Waals surface area contributed by atoms with Crippen molar-refractivity contribution in [3.8, 4) is 0 Å². The molecule has 1 N–H and O–H groups in total. The lowest BCUT2D eigenvalue weighted by Crippen LogP contribution is -2.02. The van der Waals surface area contributed by atoms with Crippen LogP contribution in [0.3, 0.4) is 0 Å². The molecule has 0 aliphatic rings. The summed E-state index contributed by atoms with van der Waals surface area (Å²) in [5.41, 5.74) is 2.82. The van der Waals surface area contributed by atoms with Crippen LogP contribution >= 0.6 is 0 Å². The van der Waals surface area contributed by atoms with Gasteiger partial charge in [0.15, 0.2) is 5.78 Å². The van der Waals surface area contributed by atoms with E-state index in [1.54, 1.807) is 18.3 Å². The van der Waals surface area contributed by atoms with Crippen LogP contribution in [0.25, 0.3) is 10.9 Å². The largest absolute Gasteiger partial charge is 0.360 e. The number of hydrogen-bond donors (Lipinski definition) is 1. The van der Waals surface area contributed by atoms with Crippen molar-refractivity contribution in [2.24, 2.45) is 0 Å². The van der Waals surface area contributed by atoms with Crippen LogP contribution in [0, 0.1) is 12.7 Å². The smallest absolute Gasteiger partial charge is 0.195 e. The normalized spacial score (nSPS) is 10.8. The molecule has 3 rings (SSSR count). The highest BCUT2D eigenvalue weighted by molar-refractivity contribution is 6.16. The highest BCUT2D eigenvalue weighted by Gasteiger charge is 2.15. The molecule has 0 bridgehead atoms. The van der Waals surface area contributed by atoms with E-state index >= 15 is 0 Å². The number of H-pyrrole nitrogens is 1. The minimum absolute atomic E-state index is 0.0454. The summed E-state index contributed by atoms with van der Waals surface area (Å²) in [5.74, 6) is -0.361. The van der Waals surface area contributed by atoms with Gasteiger partial charge in [0.1, 0.15) is 5.82 Å². The van der Waals surface area contributed by atoms with Crippen LogP contribution in [0.2, 0.25) is 0 Å². The molecule has 3 heteroatoms. The van der Waals surface area contributed by atoms with Crippen LogP contribution < -0.4 is 0 Å². The predicted octanol–water partition coefficient (Wildman–Crippen LogP) is 3.85. The van der Waals surface area contributed by atoms with E-state index in [0.717, 1.165) is 10.9 Å². The molecule has 94 valence electrons. The zero-order valence-electron chi connectivity index (χ0n) is 10.4. The third-order valence-electron chi connectivity index (χ3n) is 3.28. The van der Waals surface area contributed by atoms with E-state index in [2.05, 4.69) is 4.98 Å². The van der Waals surface area contributed by atoms with Crippen molar-refractivity contribution in [1.29, 1.82) is 0 Å². The molecule has 0 amide bonds. The highest BCUT2D eigenvalue weighted by Crippen LogP contribution is 2.23. The van der Waals surface area contributed by atoms with Crippen LogP contribution in [0.5, 0.6) is 0 Å². The summed E-state index contributed by atoms with van der Waals surface area (Å²) >= 11 is 0. The van der Waals surface area contributed by atoms with E-state index in [1.165, 1.54) is 12.1 Å². The van der Waals surface area contributed by atoms with Gasteiger partial charge in [-0.2, -0.15) is 0 Å². The van der Waals surface area contributed by atoms with Crippen molar-refractivity contribution in [3.05, 3.63) is 71.2 Å². The van der Waals surface area contributed by atoms with Crippen LogP contribution in [-0.4, -0.2) is 10.8 Å². The van der Waals surface area contributed by atoms with Gasteiger partial charge in [-0.05, 0) is 30.7 Å². The maximum atomic E-state index is 13.1. The van der Waals surface area contributed by atoms with Crippen molar-refractivity contribution >= 4 is 16.7 Å². The van der Waals surface area contributed by atoms with Crippen LogP contribution in [0.1, 0.15) is 21.5 Å². The molecule has 0 aliphatic carbocycles. The Morgan fingerprint density at radius 2 is 1.89 bits per heavy atom. The van der Waals surface area contributed by atoms with Crippen molar-refractivity contribution in [3.63, 3.8) is 0 Å². The molecule has 0 radical (unpaired) electrons. The first kappa shape index (κ1) is 11.7.